The van der Waals surface area contributed by atoms with E-state index in [2.05, 4.69) is 15.6 Å². The largest absolute Gasteiger partial charge is 0.474 e. The number of carbonyl (C=O) groups is 1. The molecule has 3 heterocycles. The molecule has 4 rings (SSSR count). The summed E-state index contributed by atoms with van der Waals surface area (Å²) in [7, 11) is 1.48. The van der Waals surface area contributed by atoms with Crippen molar-refractivity contribution in [2.45, 2.75) is 12.6 Å². The van der Waals surface area contributed by atoms with Crippen LogP contribution in [0.5, 0.6) is 0 Å². The predicted molar refractivity (Wildman–Crippen MR) is 130 cm³/mol. The first kappa shape index (κ1) is 25.2. The lowest BCUT2D eigenvalue weighted by atomic mass is 10.2. The number of hydrogen-bond donors (Lipinski definition) is 2. The Bertz CT molecular complexity index is 1020. The lowest BCUT2D eigenvalue weighted by molar-refractivity contribution is -0.142. The molecule has 1 aromatic heterocycles. The number of halogens is 1. The van der Waals surface area contributed by atoms with Crippen LogP contribution in [0.2, 0.25) is 0 Å². The van der Waals surface area contributed by atoms with Crippen LogP contribution in [0.15, 0.2) is 24.4 Å². The van der Waals surface area contributed by atoms with Gasteiger partial charge in [0.1, 0.15) is 17.6 Å². The van der Waals surface area contributed by atoms with Gasteiger partial charge in [-0.3, -0.25) is 9.69 Å². The van der Waals surface area contributed by atoms with Gasteiger partial charge < -0.3 is 29.7 Å². The zero-order valence-electron chi connectivity index (χ0n) is 19.6. The van der Waals surface area contributed by atoms with E-state index in [9.17, 15) is 14.3 Å². The minimum atomic E-state index is -1.07. The standard InChI is InChI=1S/C22H30FN7O4S/c1-33-22(35)24-13-16-14-30(26-25-16)17-2-3-19(18(23)12-17)28-4-6-29(7-5-28)21(32)20(31)15-27-8-10-34-11-9-27/h2-3,12,14,20,31H,4-11,13,15H2,1H3,(H,24,35). The van der Waals surface area contributed by atoms with Crippen molar-refractivity contribution in [3.63, 3.8) is 0 Å². The number of rotatable bonds is 7. The number of thiocarbonyl (C=S) groups is 1. The fraction of sp³-hybridized carbons (Fsp3) is 0.545. The molecule has 0 bridgehead atoms. The Hall–Kier alpha value is -2.87. The van der Waals surface area contributed by atoms with Gasteiger partial charge in [-0.25, -0.2) is 9.07 Å². The van der Waals surface area contributed by atoms with E-state index in [0.29, 0.717) is 82.6 Å². The number of piperazine rings is 1. The summed E-state index contributed by atoms with van der Waals surface area (Å²) in [6, 6.07) is 4.88. The molecule has 1 amide bonds. The summed E-state index contributed by atoms with van der Waals surface area (Å²) in [5.74, 6) is -0.667. The van der Waals surface area contributed by atoms with Crippen LogP contribution in [0.1, 0.15) is 5.69 Å². The molecule has 190 valence electrons. The van der Waals surface area contributed by atoms with E-state index in [1.807, 2.05) is 9.80 Å². The Morgan fingerprint density at radius 3 is 2.69 bits per heavy atom. The van der Waals surface area contributed by atoms with E-state index in [1.54, 1.807) is 23.2 Å². The van der Waals surface area contributed by atoms with Gasteiger partial charge in [0, 0.05) is 51.9 Å². The number of aliphatic hydroxyl groups excluding tert-OH is 1. The number of hydrogen-bond acceptors (Lipinski definition) is 9. The van der Waals surface area contributed by atoms with Gasteiger partial charge in [-0.15, -0.1) is 5.10 Å². The number of methoxy groups -OCH3 is 1. The number of amides is 1. The number of ether oxygens (including phenoxy) is 2. The maximum atomic E-state index is 15.0. The lowest BCUT2D eigenvalue weighted by Crippen LogP contribution is -2.54. The Morgan fingerprint density at radius 1 is 1.26 bits per heavy atom. The normalized spacial score (nSPS) is 17.8. The second-order valence-electron chi connectivity index (χ2n) is 8.38. The van der Waals surface area contributed by atoms with E-state index < -0.39 is 6.10 Å². The predicted octanol–water partition coefficient (Wildman–Crippen LogP) is -0.231. The summed E-state index contributed by atoms with van der Waals surface area (Å²) in [6.45, 7) is 5.09. The fourth-order valence-corrected chi connectivity index (χ4v) is 4.19. The van der Waals surface area contributed by atoms with Crippen molar-refractivity contribution >= 4 is 29.0 Å². The van der Waals surface area contributed by atoms with Crippen LogP contribution in [-0.2, 0) is 20.8 Å². The van der Waals surface area contributed by atoms with Gasteiger partial charge >= 0.3 is 0 Å². The topological polar surface area (TPSA) is 108 Å². The summed E-state index contributed by atoms with van der Waals surface area (Å²) in [4.78, 5) is 18.3. The molecule has 13 heteroatoms. The minimum Gasteiger partial charge on any atom is -0.474 e. The third kappa shape index (κ3) is 6.42. The first-order chi connectivity index (χ1) is 16.9. The van der Waals surface area contributed by atoms with Crippen LogP contribution < -0.4 is 10.2 Å². The Balaban J connectivity index is 1.31. The second-order valence-corrected chi connectivity index (χ2v) is 8.75. The van der Waals surface area contributed by atoms with Crippen molar-refractivity contribution in [1.29, 1.82) is 0 Å². The molecule has 0 spiro atoms. The fourth-order valence-electron chi connectivity index (χ4n) is 4.12. The maximum absolute atomic E-state index is 15.0. The van der Waals surface area contributed by atoms with E-state index in [0.717, 1.165) is 0 Å². The summed E-state index contributed by atoms with van der Waals surface area (Å²) in [5.41, 5.74) is 1.63. The quantitative estimate of drug-likeness (QED) is 0.488. The number of aromatic nitrogens is 3. The Kier molecular flexibility index (Phi) is 8.44. The SMILES string of the molecule is COC(=S)NCc1cn(-c2ccc(N3CCN(C(=O)C(O)CN4CCOCC4)CC3)c(F)c2)nn1. The molecule has 35 heavy (non-hydrogen) atoms. The third-order valence-corrected chi connectivity index (χ3v) is 6.40. The van der Waals surface area contributed by atoms with E-state index in [1.165, 1.54) is 17.9 Å². The zero-order valence-corrected chi connectivity index (χ0v) is 20.4. The maximum Gasteiger partial charge on any atom is 0.256 e. The summed E-state index contributed by atoms with van der Waals surface area (Å²) in [6.07, 6.45) is 0.621. The van der Waals surface area contributed by atoms with Crippen molar-refractivity contribution < 1.29 is 23.8 Å². The van der Waals surface area contributed by atoms with Crippen LogP contribution in [0.25, 0.3) is 5.69 Å². The lowest BCUT2D eigenvalue weighted by Gasteiger charge is -2.37. The van der Waals surface area contributed by atoms with Gasteiger partial charge in [-0.05, 0) is 24.4 Å². The highest BCUT2D eigenvalue weighted by Gasteiger charge is 2.28. The molecule has 0 aliphatic carbocycles. The van der Waals surface area contributed by atoms with Gasteiger partial charge in [0.2, 0.25) is 0 Å². The van der Waals surface area contributed by atoms with Crippen LogP contribution in [0.3, 0.4) is 0 Å². The summed E-state index contributed by atoms with van der Waals surface area (Å²) < 4.78 is 26.7. The number of benzene rings is 1. The van der Waals surface area contributed by atoms with Crippen molar-refractivity contribution in [3.05, 3.63) is 35.9 Å². The van der Waals surface area contributed by atoms with Gasteiger partial charge in [-0.1, -0.05) is 5.21 Å². The summed E-state index contributed by atoms with van der Waals surface area (Å²) >= 11 is 4.93. The highest BCUT2D eigenvalue weighted by atomic mass is 32.1. The number of anilines is 1. The average molecular weight is 508 g/mol. The summed E-state index contributed by atoms with van der Waals surface area (Å²) in [5, 5.41) is 21.6. The Morgan fingerprint density at radius 2 is 2.00 bits per heavy atom. The molecule has 0 saturated carbocycles. The molecule has 1 unspecified atom stereocenters. The van der Waals surface area contributed by atoms with Gasteiger partial charge in [0.15, 0.2) is 0 Å². The molecule has 2 aromatic rings. The van der Waals surface area contributed by atoms with Crippen LogP contribution in [-0.4, -0.2) is 113 Å². The first-order valence-electron chi connectivity index (χ1n) is 11.5. The number of nitrogens with one attached hydrogen (secondary N) is 1. The van der Waals surface area contributed by atoms with Crippen LogP contribution in [0, 0.1) is 5.82 Å². The van der Waals surface area contributed by atoms with E-state index in [-0.39, 0.29) is 16.9 Å². The van der Waals surface area contributed by atoms with Crippen molar-refractivity contribution in [3.8, 4) is 5.69 Å². The smallest absolute Gasteiger partial charge is 0.256 e. The average Bonchev–Trinajstić information content (AvgIpc) is 3.36. The number of aliphatic hydroxyl groups is 1. The number of morpholine rings is 1. The molecular formula is C22H30FN7O4S. The highest BCUT2D eigenvalue weighted by Crippen LogP contribution is 2.23. The molecule has 1 atom stereocenters. The van der Waals surface area contributed by atoms with Crippen molar-refractivity contribution in [1.82, 2.24) is 30.1 Å². The number of carbonyl (C=O) groups excluding carboxylic acids is 1. The monoisotopic (exact) mass is 507 g/mol. The minimum absolute atomic E-state index is 0.253. The Labute approximate surface area is 208 Å². The molecular weight excluding hydrogens is 477 g/mol. The molecule has 1 aromatic carbocycles. The van der Waals surface area contributed by atoms with Gasteiger partial charge in [-0.2, -0.15) is 0 Å². The van der Waals surface area contributed by atoms with Crippen molar-refractivity contribution in [2.75, 3.05) is 71.0 Å². The van der Waals surface area contributed by atoms with E-state index >= 15 is 0 Å². The van der Waals surface area contributed by atoms with Crippen LogP contribution >= 0.6 is 12.2 Å². The van der Waals surface area contributed by atoms with Crippen molar-refractivity contribution in [2.24, 2.45) is 0 Å². The molecule has 2 N–H and O–H groups in total. The molecule has 11 nitrogen and oxygen atoms in total. The zero-order chi connectivity index (χ0) is 24.8. The molecule has 2 aliphatic rings. The number of nitrogens with zero attached hydrogens (tertiary/aromatic N) is 6. The molecule has 2 aliphatic heterocycles. The first-order valence-corrected chi connectivity index (χ1v) is 11.9. The van der Waals surface area contributed by atoms with Gasteiger partial charge in [0.05, 0.1) is 44.4 Å². The third-order valence-electron chi connectivity index (χ3n) is 6.09. The molecule has 2 fully saturated rings. The molecule has 0 radical (unpaired) electrons. The van der Waals surface area contributed by atoms with Crippen LogP contribution in [0.4, 0.5) is 10.1 Å². The van der Waals surface area contributed by atoms with E-state index in [4.69, 9.17) is 21.7 Å². The second kappa shape index (κ2) is 11.7. The number of β-amino-alcohol motifs (C(OH)–C–C–N with tert-alkyl or cyclic N) is 1. The highest BCUT2D eigenvalue weighted by molar-refractivity contribution is 7.80. The molecule has 2 saturated heterocycles. The van der Waals surface area contributed by atoms with Gasteiger partial charge in [0.25, 0.3) is 11.1 Å².